The van der Waals surface area contributed by atoms with E-state index < -0.39 is 0 Å². The molecule has 0 unspecified atom stereocenters. The van der Waals surface area contributed by atoms with Gasteiger partial charge in [0, 0.05) is 31.4 Å². The van der Waals surface area contributed by atoms with E-state index in [1.165, 1.54) is 16.7 Å². The summed E-state index contributed by atoms with van der Waals surface area (Å²) in [7, 11) is 0. The van der Waals surface area contributed by atoms with Crippen LogP contribution in [0.3, 0.4) is 0 Å². The molecule has 0 spiro atoms. The molecule has 0 aliphatic carbocycles. The first-order chi connectivity index (χ1) is 12.3. The van der Waals surface area contributed by atoms with Gasteiger partial charge in [0.25, 0.3) is 0 Å². The largest absolute Gasteiger partial charge is 0.508 e. The maximum absolute atomic E-state index is 9.41. The normalized spacial score (nSPS) is 15.1. The van der Waals surface area contributed by atoms with Crippen molar-refractivity contribution in [2.24, 2.45) is 0 Å². The molecule has 4 heteroatoms. The highest BCUT2D eigenvalue weighted by Crippen LogP contribution is 2.24. The first-order valence-electron chi connectivity index (χ1n) is 8.58. The van der Waals surface area contributed by atoms with E-state index in [-0.39, 0.29) is 0 Å². The topological polar surface area (TPSA) is 41.3 Å². The Morgan fingerprint density at radius 2 is 1.80 bits per heavy atom. The van der Waals surface area contributed by atoms with Crippen molar-refractivity contribution in [3.63, 3.8) is 0 Å². The zero-order valence-electron chi connectivity index (χ0n) is 14.0. The molecular weight excluding hydrogens is 310 g/mol. The Morgan fingerprint density at radius 3 is 2.52 bits per heavy atom. The highest BCUT2D eigenvalue weighted by Gasteiger charge is 2.14. The number of nitrogens with zero attached hydrogens (tertiary/aromatic N) is 3. The highest BCUT2D eigenvalue weighted by molar-refractivity contribution is 5.67. The molecule has 0 bridgehead atoms. The van der Waals surface area contributed by atoms with Crippen LogP contribution < -0.4 is 0 Å². The second-order valence-electron chi connectivity index (χ2n) is 6.39. The fraction of sp³-hybridized carbons (Fsp3) is 0.190. The quantitative estimate of drug-likeness (QED) is 0.789. The second kappa shape index (κ2) is 6.95. The van der Waals surface area contributed by atoms with E-state index in [0.717, 1.165) is 31.7 Å². The molecule has 1 aliphatic heterocycles. The van der Waals surface area contributed by atoms with Gasteiger partial charge in [-0.1, -0.05) is 36.4 Å². The number of hydrogen-bond donors (Lipinski definition) is 1. The summed E-state index contributed by atoms with van der Waals surface area (Å²) in [4.78, 5) is 2.43. The third kappa shape index (κ3) is 3.64. The van der Waals surface area contributed by atoms with Gasteiger partial charge >= 0.3 is 0 Å². The van der Waals surface area contributed by atoms with Crippen molar-refractivity contribution in [1.82, 2.24) is 14.7 Å². The van der Waals surface area contributed by atoms with Gasteiger partial charge in [-0.2, -0.15) is 5.10 Å². The minimum absolute atomic E-state index is 0.317. The number of phenolic OH excluding ortho intramolecular Hbond substituents is 1. The lowest BCUT2D eigenvalue weighted by atomic mass is 9.99. The molecule has 4 nitrogen and oxygen atoms in total. The van der Waals surface area contributed by atoms with Gasteiger partial charge < -0.3 is 5.11 Å². The maximum Gasteiger partial charge on any atom is 0.115 e. The van der Waals surface area contributed by atoms with E-state index in [4.69, 9.17) is 0 Å². The summed E-state index contributed by atoms with van der Waals surface area (Å²) in [6.45, 7) is 2.88. The Kier molecular flexibility index (Phi) is 4.36. The molecule has 0 saturated heterocycles. The molecule has 25 heavy (non-hydrogen) atoms. The van der Waals surface area contributed by atoms with E-state index in [9.17, 15) is 5.11 Å². The zero-order chi connectivity index (χ0) is 17.1. The maximum atomic E-state index is 9.41. The lowest BCUT2D eigenvalue weighted by Crippen LogP contribution is -2.27. The van der Waals surface area contributed by atoms with Crippen molar-refractivity contribution in [2.45, 2.75) is 13.0 Å². The van der Waals surface area contributed by atoms with Crippen LogP contribution in [0, 0.1) is 0 Å². The fourth-order valence-corrected chi connectivity index (χ4v) is 3.21. The van der Waals surface area contributed by atoms with Crippen molar-refractivity contribution >= 4 is 5.57 Å². The van der Waals surface area contributed by atoms with Gasteiger partial charge in [-0.3, -0.25) is 4.90 Å². The summed E-state index contributed by atoms with van der Waals surface area (Å²) in [6, 6.07) is 17.7. The van der Waals surface area contributed by atoms with Crippen LogP contribution in [0.15, 0.2) is 73.1 Å². The number of aromatic nitrogens is 2. The predicted octanol–water partition coefficient (Wildman–Crippen LogP) is 3.87. The van der Waals surface area contributed by atoms with Gasteiger partial charge in [0.05, 0.1) is 11.9 Å². The standard InChI is InChI=1S/C21H21N3O/c25-21-8-6-18(7-9-21)19-10-12-23(13-11-19)15-17-14-22-24(16-17)20-4-2-1-3-5-20/h1-10,14,16,25H,11-13,15H2. The fourth-order valence-electron chi connectivity index (χ4n) is 3.21. The van der Waals surface area contributed by atoms with Gasteiger partial charge in [0.15, 0.2) is 0 Å². The summed E-state index contributed by atoms with van der Waals surface area (Å²) in [5, 5.41) is 13.9. The molecule has 4 rings (SSSR count). The van der Waals surface area contributed by atoms with Gasteiger partial charge in [0.2, 0.25) is 0 Å². The summed E-state index contributed by atoms with van der Waals surface area (Å²) in [5.74, 6) is 0.317. The molecule has 1 aromatic heterocycles. The van der Waals surface area contributed by atoms with Gasteiger partial charge in [-0.05, 0) is 41.8 Å². The molecule has 0 fully saturated rings. The van der Waals surface area contributed by atoms with Crippen LogP contribution in [0.2, 0.25) is 0 Å². The average Bonchev–Trinajstić information content (AvgIpc) is 3.12. The average molecular weight is 331 g/mol. The van der Waals surface area contributed by atoms with Crippen LogP contribution in [0.4, 0.5) is 0 Å². The van der Waals surface area contributed by atoms with Crippen molar-refractivity contribution in [3.8, 4) is 11.4 Å². The molecule has 3 aromatic rings. The van der Waals surface area contributed by atoms with Gasteiger partial charge in [-0.25, -0.2) is 4.68 Å². The molecule has 2 heterocycles. The molecule has 126 valence electrons. The van der Waals surface area contributed by atoms with E-state index in [1.807, 2.05) is 41.2 Å². The molecule has 0 amide bonds. The van der Waals surface area contributed by atoms with Crippen molar-refractivity contribution in [3.05, 3.63) is 84.2 Å². The molecular formula is C21H21N3O. The van der Waals surface area contributed by atoms with E-state index >= 15 is 0 Å². The molecule has 1 N–H and O–H groups in total. The highest BCUT2D eigenvalue weighted by atomic mass is 16.3. The lowest BCUT2D eigenvalue weighted by molar-refractivity contribution is 0.294. The third-order valence-electron chi connectivity index (χ3n) is 4.59. The van der Waals surface area contributed by atoms with Crippen molar-refractivity contribution in [2.75, 3.05) is 13.1 Å². The lowest BCUT2D eigenvalue weighted by Gasteiger charge is -2.26. The SMILES string of the molecule is Oc1ccc(C2=CCN(Cc3cnn(-c4ccccc4)c3)CC2)cc1. The number of rotatable bonds is 4. The Balaban J connectivity index is 1.40. The van der Waals surface area contributed by atoms with Crippen LogP contribution in [0.25, 0.3) is 11.3 Å². The zero-order valence-corrected chi connectivity index (χ0v) is 14.0. The Bertz CT molecular complexity index is 866. The minimum atomic E-state index is 0.317. The minimum Gasteiger partial charge on any atom is -0.508 e. The molecule has 0 saturated carbocycles. The van der Waals surface area contributed by atoms with Crippen LogP contribution >= 0.6 is 0 Å². The van der Waals surface area contributed by atoms with Crippen LogP contribution in [-0.4, -0.2) is 32.9 Å². The first-order valence-corrected chi connectivity index (χ1v) is 8.58. The summed E-state index contributed by atoms with van der Waals surface area (Å²) >= 11 is 0. The third-order valence-corrected chi connectivity index (χ3v) is 4.59. The van der Waals surface area contributed by atoms with Gasteiger partial charge in [0.1, 0.15) is 5.75 Å². The summed E-state index contributed by atoms with van der Waals surface area (Å²) in [5.41, 5.74) is 4.87. The summed E-state index contributed by atoms with van der Waals surface area (Å²) < 4.78 is 1.93. The van der Waals surface area contributed by atoms with Crippen LogP contribution in [0.1, 0.15) is 17.5 Å². The summed E-state index contributed by atoms with van der Waals surface area (Å²) in [6.07, 6.45) is 7.37. The van der Waals surface area contributed by atoms with E-state index in [1.54, 1.807) is 12.1 Å². The molecule has 0 radical (unpaired) electrons. The molecule has 0 atom stereocenters. The van der Waals surface area contributed by atoms with Crippen molar-refractivity contribution < 1.29 is 5.11 Å². The smallest absolute Gasteiger partial charge is 0.115 e. The van der Waals surface area contributed by atoms with E-state index in [0.29, 0.717) is 5.75 Å². The Labute approximate surface area is 147 Å². The molecule has 2 aromatic carbocycles. The monoisotopic (exact) mass is 331 g/mol. The predicted molar refractivity (Wildman–Crippen MR) is 99.5 cm³/mol. The molecule has 1 aliphatic rings. The number of aromatic hydroxyl groups is 1. The second-order valence-corrected chi connectivity index (χ2v) is 6.39. The van der Waals surface area contributed by atoms with Crippen molar-refractivity contribution in [1.29, 1.82) is 0 Å². The Morgan fingerprint density at radius 1 is 1.00 bits per heavy atom. The number of hydrogen-bond acceptors (Lipinski definition) is 3. The van der Waals surface area contributed by atoms with E-state index in [2.05, 4.69) is 34.4 Å². The van der Waals surface area contributed by atoms with Crippen LogP contribution in [0.5, 0.6) is 5.75 Å². The van der Waals surface area contributed by atoms with Crippen LogP contribution in [-0.2, 0) is 6.54 Å². The van der Waals surface area contributed by atoms with Gasteiger partial charge in [-0.15, -0.1) is 0 Å². The number of benzene rings is 2. The Hall–Kier alpha value is -2.85. The number of phenols is 1. The first kappa shape index (κ1) is 15.7. The number of para-hydroxylation sites is 1.